The lowest BCUT2D eigenvalue weighted by molar-refractivity contribution is -0.137. The third-order valence-electron chi connectivity index (χ3n) is 3.48. The summed E-state index contributed by atoms with van der Waals surface area (Å²) in [5.41, 5.74) is -2.10. The summed E-state index contributed by atoms with van der Waals surface area (Å²) < 4.78 is 40.6. The second-order valence-corrected chi connectivity index (χ2v) is 6.15. The summed E-state index contributed by atoms with van der Waals surface area (Å²) in [4.78, 5) is 27.6. The van der Waals surface area contributed by atoms with Crippen molar-refractivity contribution in [1.29, 1.82) is 0 Å². The fourth-order valence-corrected chi connectivity index (χ4v) is 3.26. The zero-order valence-corrected chi connectivity index (χ0v) is 14.3. The lowest BCUT2D eigenvalue weighted by Gasteiger charge is -2.13. The molecule has 0 radical (unpaired) electrons. The zero-order chi connectivity index (χ0) is 18.5. The Labute approximate surface area is 150 Å². The van der Waals surface area contributed by atoms with Gasteiger partial charge in [0, 0.05) is 28.2 Å². The van der Waals surface area contributed by atoms with E-state index in [1.165, 1.54) is 6.07 Å². The number of carboxylic acids is 1. The first-order valence-electron chi connectivity index (χ1n) is 6.59. The van der Waals surface area contributed by atoms with Crippen LogP contribution in [0.25, 0.3) is 4.61 Å². The van der Waals surface area contributed by atoms with Crippen molar-refractivity contribution in [3.63, 3.8) is 0 Å². The number of hydrogen-bond acceptors (Lipinski definition) is 3. The van der Waals surface area contributed by atoms with Crippen molar-refractivity contribution in [2.75, 3.05) is 0 Å². The van der Waals surface area contributed by atoms with Crippen molar-refractivity contribution in [1.82, 2.24) is 9.56 Å². The number of benzene rings is 1. The molecule has 1 N–H and O–H groups in total. The summed E-state index contributed by atoms with van der Waals surface area (Å²) in [6.07, 6.45) is -3.70. The van der Waals surface area contributed by atoms with Gasteiger partial charge >= 0.3 is 18.1 Å². The minimum absolute atomic E-state index is 0.0739. The predicted octanol–water partition coefficient (Wildman–Crippen LogP) is 2.26. The highest BCUT2D eigenvalue weighted by atomic mass is 79.9. The van der Waals surface area contributed by atoms with Crippen LogP contribution < -0.4 is 15.3 Å². The standard InChI is InChI=1S/C15H5BrClF3N2O3/c16-12-11-9(4-6(5-21-11)14(24)25)22(12)13(23)10-7(15(18,19)20)2-1-3-8(10)17/h1-5H/p+1. The maximum Gasteiger partial charge on any atom is 0.428 e. The Balaban J connectivity index is 2.24. The van der Waals surface area contributed by atoms with Gasteiger partial charge in [-0.3, -0.25) is 0 Å². The summed E-state index contributed by atoms with van der Waals surface area (Å²) in [5.74, 6) is -2.32. The molecule has 10 heteroatoms. The second kappa shape index (κ2) is 5.92. The van der Waals surface area contributed by atoms with Gasteiger partial charge in [-0.05, 0) is 12.1 Å². The average molecular weight is 435 g/mol. The number of fused-ring (bicyclic) bond motifs is 1. The molecular formula is C15H6BrClF3N2O3+. The molecule has 0 spiro atoms. The van der Waals surface area contributed by atoms with Gasteiger partial charge in [-0.2, -0.15) is 13.2 Å². The maximum absolute atomic E-state index is 13.2. The van der Waals surface area contributed by atoms with Gasteiger partial charge in [-0.15, -0.1) is 4.58 Å². The molecule has 3 rings (SSSR count). The number of alkyl halides is 3. The number of carboxylic acid groups (broad SMARTS) is 1. The zero-order valence-electron chi connectivity index (χ0n) is 11.9. The van der Waals surface area contributed by atoms with Gasteiger partial charge in [0.1, 0.15) is 5.56 Å². The number of carbonyl (C=O) groups excluding carboxylic acids is 1. The van der Waals surface area contributed by atoms with Crippen molar-refractivity contribution in [3.05, 3.63) is 62.9 Å². The van der Waals surface area contributed by atoms with Crippen LogP contribution in [0.3, 0.4) is 0 Å². The van der Waals surface area contributed by atoms with Crippen molar-refractivity contribution in [2.24, 2.45) is 0 Å². The first kappa shape index (κ1) is 17.6. The minimum Gasteiger partial charge on any atom is -0.478 e. The van der Waals surface area contributed by atoms with E-state index in [0.29, 0.717) is 0 Å². The highest BCUT2D eigenvalue weighted by Gasteiger charge is 2.43. The summed E-state index contributed by atoms with van der Waals surface area (Å²) >= 11 is 8.90. The van der Waals surface area contributed by atoms with Crippen LogP contribution >= 0.6 is 27.5 Å². The third-order valence-corrected chi connectivity index (χ3v) is 4.53. The van der Waals surface area contributed by atoms with Crippen molar-refractivity contribution >= 4 is 44.0 Å². The number of carbonyl (C=O) groups is 2. The molecule has 0 unspecified atom stereocenters. The average Bonchev–Trinajstić information content (AvgIpc) is 2.52. The first-order valence-corrected chi connectivity index (χ1v) is 7.76. The molecule has 1 aliphatic heterocycles. The molecule has 5 nitrogen and oxygen atoms in total. The number of nitrogens with zero attached hydrogens (tertiary/aromatic N) is 2. The maximum atomic E-state index is 13.2. The van der Waals surface area contributed by atoms with Gasteiger partial charge < -0.3 is 5.11 Å². The van der Waals surface area contributed by atoms with E-state index in [2.05, 4.69) is 20.9 Å². The number of pyridine rings is 1. The number of aromatic nitrogens is 1. The summed E-state index contributed by atoms with van der Waals surface area (Å²) in [7, 11) is 0. The highest BCUT2D eigenvalue weighted by Crippen LogP contribution is 2.35. The molecule has 0 saturated carbocycles. The number of aromatic carboxylic acids is 1. The molecule has 0 aliphatic carbocycles. The van der Waals surface area contributed by atoms with Crippen LogP contribution in [0.4, 0.5) is 13.2 Å². The Bertz CT molecular complexity index is 1070. The molecule has 0 saturated heterocycles. The lowest BCUT2D eigenvalue weighted by atomic mass is 10.1. The van der Waals surface area contributed by atoms with E-state index in [0.717, 1.165) is 29.0 Å². The van der Waals surface area contributed by atoms with Gasteiger partial charge in [0.2, 0.25) is 10.7 Å². The molecule has 2 aromatic rings. The second-order valence-electron chi connectivity index (χ2n) is 4.99. The smallest absolute Gasteiger partial charge is 0.428 e. The molecule has 0 atom stereocenters. The number of amides is 1. The van der Waals surface area contributed by atoms with E-state index in [1.807, 2.05) is 0 Å². The fraction of sp³-hybridized carbons (Fsp3) is 0.0667. The minimum atomic E-state index is -4.78. The van der Waals surface area contributed by atoms with Crippen LogP contribution in [0.2, 0.25) is 5.02 Å². The number of halogens is 5. The van der Waals surface area contributed by atoms with Crippen LogP contribution in [-0.2, 0) is 6.18 Å². The molecule has 128 valence electrons. The van der Waals surface area contributed by atoms with Crippen molar-refractivity contribution in [3.8, 4) is 0 Å². The largest absolute Gasteiger partial charge is 0.478 e. The lowest BCUT2D eigenvalue weighted by Crippen LogP contribution is -2.54. The predicted molar refractivity (Wildman–Crippen MR) is 84.8 cm³/mol. The van der Waals surface area contributed by atoms with Gasteiger partial charge in [0.15, 0.2) is 0 Å². The van der Waals surface area contributed by atoms with E-state index >= 15 is 0 Å². The molecule has 0 fully saturated rings. The molecule has 1 aliphatic rings. The molecule has 0 bridgehead atoms. The summed E-state index contributed by atoms with van der Waals surface area (Å²) in [5, 5.41) is 8.97. The van der Waals surface area contributed by atoms with Crippen molar-refractivity contribution < 1.29 is 27.9 Å². The highest BCUT2D eigenvalue weighted by molar-refractivity contribution is 9.14. The van der Waals surface area contributed by atoms with Gasteiger partial charge in [0.25, 0.3) is 4.61 Å². The summed E-state index contributed by atoms with van der Waals surface area (Å²) in [6.45, 7) is 0. The Hall–Kier alpha value is -2.26. The Morgan fingerprint density at radius 2 is 1.96 bits per heavy atom. The summed E-state index contributed by atoms with van der Waals surface area (Å²) in [6, 6.07) is 4.16. The van der Waals surface area contributed by atoms with E-state index in [9.17, 15) is 22.8 Å². The van der Waals surface area contributed by atoms with Crippen LogP contribution in [0.15, 0.2) is 30.5 Å². The molecule has 25 heavy (non-hydrogen) atoms. The molecule has 1 aromatic heterocycles. The molecule has 1 aromatic carbocycles. The van der Waals surface area contributed by atoms with Gasteiger partial charge in [-0.25, -0.2) is 14.6 Å². The number of hydrogen-bond donors (Lipinski definition) is 1. The van der Waals surface area contributed by atoms with Gasteiger partial charge in [0.05, 0.1) is 16.1 Å². The Morgan fingerprint density at radius 3 is 2.56 bits per heavy atom. The van der Waals surface area contributed by atoms with E-state index in [4.69, 9.17) is 16.7 Å². The third kappa shape index (κ3) is 2.83. The Morgan fingerprint density at radius 1 is 1.28 bits per heavy atom. The van der Waals surface area contributed by atoms with Crippen molar-refractivity contribution in [2.45, 2.75) is 6.18 Å². The topological polar surface area (TPSA) is 70.3 Å². The quantitative estimate of drug-likeness (QED) is 0.582. The van der Waals surface area contributed by atoms with Crippen LogP contribution in [0.5, 0.6) is 0 Å². The molecule has 2 heterocycles. The van der Waals surface area contributed by atoms with Crippen LogP contribution in [0, 0.1) is 0 Å². The van der Waals surface area contributed by atoms with Crippen LogP contribution in [-0.4, -0.2) is 22.0 Å². The number of rotatable bonds is 2. The fourth-order valence-electron chi connectivity index (χ4n) is 2.35. The SMILES string of the molecule is O=C(O)c1cnc2c(c1)=[N+](C(=O)c1c(Cl)cccc1C(F)(F)F)C=2Br. The first-order chi connectivity index (χ1) is 11.6. The van der Waals surface area contributed by atoms with E-state index in [-0.39, 0.29) is 25.9 Å². The normalized spacial score (nSPS) is 13.3. The Kier molecular flexibility index (Phi) is 4.16. The molecular weight excluding hydrogens is 429 g/mol. The van der Waals surface area contributed by atoms with E-state index < -0.39 is 29.2 Å². The monoisotopic (exact) mass is 433 g/mol. The van der Waals surface area contributed by atoms with E-state index in [1.54, 1.807) is 0 Å². The van der Waals surface area contributed by atoms with Gasteiger partial charge in [-0.1, -0.05) is 17.7 Å². The van der Waals surface area contributed by atoms with Crippen LogP contribution in [0.1, 0.15) is 26.3 Å². The molecule has 1 amide bonds.